The molecule has 0 amide bonds. The van der Waals surface area contributed by atoms with E-state index in [9.17, 15) is 4.79 Å². The third kappa shape index (κ3) is 2.23. The summed E-state index contributed by atoms with van der Waals surface area (Å²) in [4.78, 5) is 12.5. The van der Waals surface area contributed by atoms with Gasteiger partial charge in [0.1, 0.15) is 4.88 Å². The van der Waals surface area contributed by atoms with Gasteiger partial charge < -0.3 is 9.67 Å². The summed E-state index contributed by atoms with van der Waals surface area (Å²) in [6.45, 7) is 4.77. The summed E-state index contributed by atoms with van der Waals surface area (Å²) >= 11 is 1.34. The molecule has 2 heterocycles. The van der Waals surface area contributed by atoms with Crippen molar-refractivity contribution in [2.45, 2.75) is 20.4 Å². The maximum Gasteiger partial charge on any atom is 0.345 e. The molecule has 0 aliphatic rings. The first-order valence-corrected chi connectivity index (χ1v) is 7.24. The maximum atomic E-state index is 11.0. The van der Waals surface area contributed by atoms with E-state index in [-0.39, 0.29) is 0 Å². The van der Waals surface area contributed by atoms with Crippen molar-refractivity contribution in [1.29, 1.82) is 0 Å². The minimum Gasteiger partial charge on any atom is -0.477 e. The van der Waals surface area contributed by atoms with Crippen LogP contribution in [0.3, 0.4) is 0 Å². The van der Waals surface area contributed by atoms with Gasteiger partial charge in [0.05, 0.1) is 0 Å². The van der Waals surface area contributed by atoms with Crippen LogP contribution in [0, 0.1) is 13.8 Å². The fourth-order valence-corrected chi connectivity index (χ4v) is 3.30. The fraction of sp³-hybridized carbons (Fsp3) is 0.188. The molecular weight excluding hydrogens is 270 g/mol. The van der Waals surface area contributed by atoms with Crippen LogP contribution in [0.25, 0.3) is 10.9 Å². The monoisotopic (exact) mass is 285 g/mol. The zero-order valence-electron chi connectivity index (χ0n) is 11.4. The Balaban J connectivity index is 1.99. The number of thiophene rings is 1. The van der Waals surface area contributed by atoms with Gasteiger partial charge in [-0.25, -0.2) is 4.79 Å². The Morgan fingerprint density at radius 2 is 2.05 bits per heavy atom. The SMILES string of the molecule is Cc1ccc2c(ccn2Cc2cc(C(=O)O)sc2C)c1. The zero-order chi connectivity index (χ0) is 14.3. The summed E-state index contributed by atoms with van der Waals surface area (Å²) in [6.07, 6.45) is 2.06. The molecule has 20 heavy (non-hydrogen) atoms. The van der Waals surface area contributed by atoms with Crippen molar-refractivity contribution in [2.75, 3.05) is 0 Å². The second-order valence-corrected chi connectivity index (χ2v) is 6.26. The highest BCUT2D eigenvalue weighted by atomic mass is 32.1. The first kappa shape index (κ1) is 12.9. The van der Waals surface area contributed by atoms with Gasteiger partial charge in [-0.3, -0.25) is 0 Å². The Kier molecular flexibility index (Phi) is 3.10. The molecule has 1 aromatic carbocycles. The van der Waals surface area contributed by atoms with E-state index in [1.807, 2.05) is 6.92 Å². The summed E-state index contributed by atoms with van der Waals surface area (Å²) < 4.78 is 2.16. The molecule has 3 nitrogen and oxygen atoms in total. The molecule has 0 bridgehead atoms. The summed E-state index contributed by atoms with van der Waals surface area (Å²) in [6, 6.07) is 10.3. The Labute approximate surface area is 121 Å². The van der Waals surface area contributed by atoms with Crippen molar-refractivity contribution < 1.29 is 9.90 Å². The van der Waals surface area contributed by atoms with Crippen molar-refractivity contribution in [2.24, 2.45) is 0 Å². The second kappa shape index (κ2) is 4.80. The normalized spacial score (nSPS) is 11.1. The van der Waals surface area contributed by atoms with E-state index in [1.165, 1.54) is 27.8 Å². The standard InChI is InChI=1S/C16H15NO2S/c1-10-3-4-14-12(7-10)5-6-17(14)9-13-8-15(16(18)19)20-11(13)2/h3-8H,9H2,1-2H3,(H,18,19). The Hall–Kier alpha value is -2.07. The molecular formula is C16H15NO2S. The highest BCUT2D eigenvalue weighted by Gasteiger charge is 2.12. The number of benzene rings is 1. The number of nitrogens with zero attached hydrogens (tertiary/aromatic N) is 1. The van der Waals surface area contributed by atoms with Crippen molar-refractivity contribution >= 4 is 28.2 Å². The van der Waals surface area contributed by atoms with E-state index in [1.54, 1.807) is 6.07 Å². The Morgan fingerprint density at radius 3 is 2.75 bits per heavy atom. The number of aryl methyl sites for hydroxylation is 2. The molecule has 0 spiro atoms. The third-order valence-corrected chi connectivity index (χ3v) is 4.58. The second-order valence-electron chi connectivity index (χ2n) is 5.00. The number of carboxylic acids is 1. The minimum atomic E-state index is -0.850. The van der Waals surface area contributed by atoms with Crippen molar-refractivity contribution in [3.63, 3.8) is 0 Å². The number of carbonyl (C=O) groups is 1. The maximum absolute atomic E-state index is 11.0. The fourth-order valence-electron chi connectivity index (χ4n) is 2.42. The van der Waals surface area contributed by atoms with Gasteiger partial charge in [0.2, 0.25) is 0 Å². The molecule has 0 fully saturated rings. The van der Waals surface area contributed by atoms with E-state index < -0.39 is 5.97 Å². The largest absolute Gasteiger partial charge is 0.477 e. The Bertz CT molecular complexity index is 798. The molecule has 0 atom stereocenters. The highest BCUT2D eigenvalue weighted by molar-refractivity contribution is 7.14. The van der Waals surface area contributed by atoms with Crippen LogP contribution in [0.15, 0.2) is 36.5 Å². The molecule has 3 rings (SSSR count). The van der Waals surface area contributed by atoms with Crippen LogP contribution in [0.1, 0.15) is 25.7 Å². The number of hydrogen-bond acceptors (Lipinski definition) is 2. The lowest BCUT2D eigenvalue weighted by atomic mass is 10.2. The van der Waals surface area contributed by atoms with Crippen molar-refractivity contribution in [3.05, 3.63) is 57.4 Å². The molecule has 4 heteroatoms. The number of hydrogen-bond donors (Lipinski definition) is 1. The predicted octanol–water partition coefficient (Wildman–Crippen LogP) is 4.07. The molecule has 0 aliphatic heterocycles. The lowest BCUT2D eigenvalue weighted by Gasteiger charge is -2.05. The van der Waals surface area contributed by atoms with Crippen molar-refractivity contribution in [1.82, 2.24) is 4.57 Å². The van der Waals surface area contributed by atoms with Gasteiger partial charge in [-0.1, -0.05) is 11.6 Å². The van der Waals surface area contributed by atoms with E-state index in [0.29, 0.717) is 11.4 Å². The van der Waals surface area contributed by atoms with Gasteiger partial charge in [0.15, 0.2) is 0 Å². The molecule has 102 valence electrons. The van der Waals surface area contributed by atoms with Crippen LogP contribution >= 0.6 is 11.3 Å². The van der Waals surface area contributed by atoms with Crippen LogP contribution in [-0.4, -0.2) is 15.6 Å². The lowest BCUT2D eigenvalue weighted by Crippen LogP contribution is -1.98. The minimum absolute atomic E-state index is 0.407. The molecule has 0 radical (unpaired) electrons. The molecule has 0 aliphatic carbocycles. The van der Waals surface area contributed by atoms with Crippen LogP contribution in [0.2, 0.25) is 0 Å². The zero-order valence-corrected chi connectivity index (χ0v) is 12.2. The van der Waals surface area contributed by atoms with E-state index >= 15 is 0 Å². The van der Waals surface area contributed by atoms with Crippen LogP contribution in [0.4, 0.5) is 0 Å². The number of aromatic nitrogens is 1. The predicted molar refractivity (Wildman–Crippen MR) is 81.8 cm³/mol. The van der Waals surface area contributed by atoms with Crippen molar-refractivity contribution in [3.8, 4) is 0 Å². The first-order chi connectivity index (χ1) is 9.54. The van der Waals surface area contributed by atoms with Gasteiger partial charge in [0.25, 0.3) is 0 Å². The molecule has 0 saturated heterocycles. The summed E-state index contributed by atoms with van der Waals surface area (Å²) in [7, 11) is 0. The highest BCUT2D eigenvalue weighted by Crippen LogP contribution is 2.25. The summed E-state index contributed by atoms with van der Waals surface area (Å²) in [5.74, 6) is -0.850. The van der Waals surface area contributed by atoms with Gasteiger partial charge in [-0.2, -0.15) is 0 Å². The molecule has 0 unspecified atom stereocenters. The van der Waals surface area contributed by atoms with Crippen LogP contribution < -0.4 is 0 Å². The number of rotatable bonds is 3. The molecule has 0 saturated carbocycles. The number of fused-ring (bicyclic) bond motifs is 1. The first-order valence-electron chi connectivity index (χ1n) is 6.42. The van der Waals surface area contributed by atoms with Crippen LogP contribution in [0.5, 0.6) is 0 Å². The van der Waals surface area contributed by atoms with Gasteiger partial charge in [-0.15, -0.1) is 11.3 Å². The van der Waals surface area contributed by atoms with Gasteiger partial charge >= 0.3 is 5.97 Å². The summed E-state index contributed by atoms with van der Waals surface area (Å²) in [5.41, 5.74) is 3.50. The van der Waals surface area contributed by atoms with E-state index in [0.717, 1.165) is 10.4 Å². The lowest BCUT2D eigenvalue weighted by molar-refractivity contribution is 0.0702. The average molecular weight is 285 g/mol. The smallest absolute Gasteiger partial charge is 0.345 e. The Morgan fingerprint density at radius 1 is 1.25 bits per heavy atom. The average Bonchev–Trinajstić information content (AvgIpc) is 2.95. The van der Waals surface area contributed by atoms with Gasteiger partial charge in [-0.05, 0) is 49.1 Å². The molecule has 2 aromatic heterocycles. The quantitative estimate of drug-likeness (QED) is 0.788. The molecule has 3 aromatic rings. The van der Waals surface area contributed by atoms with Crippen LogP contribution in [-0.2, 0) is 6.54 Å². The molecule has 1 N–H and O–H groups in total. The van der Waals surface area contributed by atoms with Gasteiger partial charge in [0, 0.05) is 23.1 Å². The topological polar surface area (TPSA) is 42.2 Å². The van der Waals surface area contributed by atoms with E-state index in [4.69, 9.17) is 5.11 Å². The third-order valence-electron chi connectivity index (χ3n) is 3.50. The summed E-state index contributed by atoms with van der Waals surface area (Å²) in [5, 5.41) is 10.3. The number of aromatic carboxylic acids is 1. The number of carboxylic acid groups (broad SMARTS) is 1. The van der Waals surface area contributed by atoms with E-state index in [2.05, 4.69) is 42.0 Å².